The Morgan fingerprint density at radius 2 is 2.00 bits per heavy atom. The molecular weight excluding hydrogens is 261 g/mol. The fourth-order valence-corrected chi connectivity index (χ4v) is 1.17. The van der Waals surface area contributed by atoms with Gasteiger partial charge in [-0.3, -0.25) is 9.59 Å². The first kappa shape index (κ1) is 16.3. The van der Waals surface area contributed by atoms with Gasteiger partial charge < -0.3 is 16.4 Å². The van der Waals surface area contributed by atoms with Crippen molar-refractivity contribution in [2.75, 3.05) is 18.4 Å². The van der Waals surface area contributed by atoms with Crippen LogP contribution in [0.15, 0.2) is 24.3 Å². The molecule has 18 heavy (non-hydrogen) atoms. The van der Waals surface area contributed by atoms with Crippen LogP contribution < -0.4 is 16.4 Å². The average Bonchev–Trinajstić information content (AvgIpc) is 2.27. The van der Waals surface area contributed by atoms with Crippen LogP contribution in [0, 0.1) is 5.82 Å². The predicted octanol–water partition coefficient (Wildman–Crippen LogP) is 0.651. The first-order valence-electron chi connectivity index (χ1n) is 5.14. The largest absolute Gasteiger partial charge is 0.347 e. The quantitative estimate of drug-likeness (QED) is 0.738. The van der Waals surface area contributed by atoms with E-state index in [4.69, 9.17) is 5.73 Å². The zero-order chi connectivity index (χ0) is 12.7. The Kier molecular flexibility index (Phi) is 7.66. The number of hydrogen-bond donors (Lipinski definition) is 3. The van der Waals surface area contributed by atoms with Crippen molar-refractivity contribution < 1.29 is 14.0 Å². The molecule has 4 N–H and O–H groups in total. The van der Waals surface area contributed by atoms with Crippen molar-refractivity contribution in [2.45, 2.75) is 6.42 Å². The number of carbonyl (C=O) groups is 2. The second-order valence-corrected chi connectivity index (χ2v) is 3.37. The molecule has 1 rings (SSSR count). The number of nitrogens with one attached hydrogen (secondary N) is 2. The average molecular weight is 276 g/mol. The standard InChI is InChI=1S/C11H14FN3O2.ClH/c12-8-2-1-3-9(6-8)15-11(17)7-14-10(16)4-5-13;/h1-3,6H,4-5,7,13H2,(H,14,16)(H,15,17);1H. The van der Waals surface area contributed by atoms with Gasteiger partial charge in [-0.2, -0.15) is 0 Å². The Hall–Kier alpha value is -1.66. The number of halogens is 2. The van der Waals surface area contributed by atoms with E-state index in [1.165, 1.54) is 18.2 Å². The molecule has 0 radical (unpaired) electrons. The van der Waals surface area contributed by atoms with Gasteiger partial charge in [0, 0.05) is 18.7 Å². The van der Waals surface area contributed by atoms with Gasteiger partial charge >= 0.3 is 0 Å². The van der Waals surface area contributed by atoms with Crippen LogP contribution in [0.4, 0.5) is 10.1 Å². The molecule has 1 aromatic carbocycles. The molecular formula is C11H15ClFN3O2. The molecule has 0 aliphatic heterocycles. The van der Waals surface area contributed by atoms with Crippen LogP contribution in [0.1, 0.15) is 6.42 Å². The minimum absolute atomic E-state index is 0. The van der Waals surface area contributed by atoms with Gasteiger partial charge in [0.25, 0.3) is 0 Å². The fraction of sp³-hybridized carbons (Fsp3) is 0.273. The number of hydrogen-bond acceptors (Lipinski definition) is 3. The van der Waals surface area contributed by atoms with E-state index in [0.717, 1.165) is 0 Å². The molecule has 0 atom stereocenters. The minimum Gasteiger partial charge on any atom is -0.347 e. The van der Waals surface area contributed by atoms with Crippen LogP contribution in [0.25, 0.3) is 0 Å². The smallest absolute Gasteiger partial charge is 0.243 e. The highest BCUT2D eigenvalue weighted by Gasteiger charge is 2.05. The molecule has 1 aromatic rings. The summed E-state index contributed by atoms with van der Waals surface area (Å²) in [7, 11) is 0. The lowest BCUT2D eigenvalue weighted by atomic mass is 10.3. The third-order valence-corrected chi connectivity index (χ3v) is 1.93. The highest BCUT2D eigenvalue weighted by Crippen LogP contribution is 2.08. The zero-order valence-corrected chi connectivity index (χ0v) is 10.4. The summed E-state index contributed by atoms with van der Waals surface area (Å²) in [6.07, 6.45) is 0.174. The molecule has 0 spiro atoms. The highest BCUT2D eigenvalue weighted by molar-refractivity contribution is 5.94. The van der Waals surface area contributed by atoms with Crippen molar-refractivity contribution in [1.29, 1.82) is 0 Å². The van der Waals surface area contributed by atoms with E-state index in [1.807, 2.05) is 0 Å². The first-order valence-corrected chi connectivity index (χ1v) is 5.14. The molecule has 0 fully saturated rings. The monoisotopic (exact) mass is 275 g/mol. The van der Waals surface area contributed by atoms with Crippen LogP contribution in [-0.2, 0) is 9.59 Å². The van der Waals surface area contributed by atoms with Crippen molar-refractivity contribution in [1.82, 2.24) is 5.32 Å². The lowest BCUT2D eigenvalue weighted by molar-refractivity contribution is -0.124. The van der Waals surface area contributed by atoms with Crippen LogP contribution >= 0.6 is 12.4 Å². The molecule has 100 valence electrons. The molecule has 5 nitrogen and oxygen atoms in total. The maximum absolute atomic E-state index is 12.8. The Morgan fingerprint density at radius 1 is 1.28 bits per heavy atom. The van der Waals surface area contributed by atoms with Gasteiger partial charge in [-0.25, -0.2) is 4.39 Å². The fourth-order valence-electron chi connectivity index (χ4n) is 1.17. The van der Waals surface area contributed by atoms with Gasteiger partial charge in [0.05, 0.1) is 6.54 Å². The van der Waals surface area contributed by atoms with Crippen LogP contribution in [0.5, 0.6) is 0 Å². The first-order chi connectivity index (χ1) is 8.11. The van der Waals surface area contributed by atoms with Crippen LogP contribution in [-0.4, -0.2) is 24.9 Å². The Labute approximate surface area is 110 Å². The topological polar surface area (TPSA) is 84.2 Å². The molecule has 0 aromatic heterocycles. The van der Waals surface area contributed by atoms with E-state index in [-0.39, 0.29) is 37.8 Å². The van der Waals surface area contributed by atoms with E-state index < -0.39 is 11.7 Å². The normalized spacial score (nSPS) is 9.22. The molecule has 0 aliphatic carbocycles. The van der Waals surface area contributed by atoms with E-state index in [9.17, 15) is 14.0 Å². The number of nitrogens with two attached hydrogens (primary N) is 1. The maximum Gasteiger partial charge on any atom is 0.243 e. The third kappa shape index (κ3) is 6.17. The van der Waals surface area contributed by atoms with E-state index in [1.54, 1.807) is 6.07 Å². The second kappa shape index (κ2) is 8.43. The highest BCUT2D eigenvalue weighted by atomic mass is 35.5. The summed E-state index contributed by atoms with van der Waals surface area (Å²) in [5, 5.41) is 4.85. The van der Waals surface area contributed by atoms with Crippen LogP contribution in [0.3, 0.4) is 0 Å². The summed E-state index contributed by atoms with van der Waals surface area (Å²) in [4.78, 5) is 22.4. The zero-order valence-electron chi connectivity index (χ0n) is 9.61. The Bertz CT molecular complexity index is 415. The van der Waals surface area contributed by atoms with E-state index >= 15 is 0 Å². The third-order valence-electron chi connectivity index (χ3n) is 1.93. The molecule has 7 heteroatoms. The van der Waals surface area contributed by atoms with Gasteiger partial charge in [-0.15, -0.1) is 12.4 Å². The Morgan fingerprint density at radius 3 is 2.61 bits per heavy atom. The molecule has 0 saturated carbocycles. The number of amides is 2. The number of rotatable bonds is 5. The summed E-state index contributed by atoms with van der Waals surface area (Å²) >= 11 is 0. The van der Waals surface area contributed by atoms with Crippen molar-refractivity contribution in [3.63, 3.8) is 0 Å². The van der Waals surface area contributed by atoms with Gasteiger partial charge in [-0.05, 0) is 18.2 Å². The van der Waals surface area contributed by atoms with Gasteiger partial charge in [-0.1, -0.05) is 6.07 Å². The molecule has 2 amide bonds. The summed E-state index contributed by atoms with van der Waals surface area (Å²) < 4.78 is 12.8. The molecule has 0 unspecified atom stereocenters. The summed E-state index contributed by atoms with van der Waals surface area (Å²) in [5.74, 6) is -1.14. The van der Waals surface area contributed by atoms with Crippen molar-refractivity contribution in [3.8, 4) is 0 Å². The van der Waals surface area contributed by atoms with Crippen LogP contribution in [0.2, 0.25) is 0 Å². The predicted molar refractivity (Wildman–Crippen MR) is 69.0 cm³/mol. The molecule has 0 aliphatic rings. The number of benzene rings is 1. The molecule has 0 saturated heterocycles. The summed E-state index contributed by atoms with van der Waals surface area (Å²) in [6, 6.07) is 5.51. The van der Waals surface area contributed by atoms with Gasteiger partial charge in [0.15, 0.2) is 0 Å². The number of anilines is 1. The van der Waals surface area contributed by atoms with Crippen molar-refractivity contribution in [3.05, 3.63) is 30.1 Å². The Balaban J connectivity index is 0.00000289. The maximum atomic E-state index is 12.8. The van der Waals surface area contributed by atoms with E-state index in [0.29, 0.717) is 5.69 Å². The number of carbonyl (C=O) groups excluding carboxylic acids is 2. The SMILES string of the molecule is Cl.NCCC(=O)NCC(=O)Nc1cccc(F)c1. The van der Waals surface area contributed by atoms with Gasteiger partial charge in [0.2, 0.25) is 11.8 Å². The second-order valence-electron chi connectivity index (χ2n) is 3.37. The minimum atomic E-state index is -0.435. The molecule has 0 heterocycles. The summed E-state index contributed by atoms with van der Waals surface area (Å²) in [5.41, 5.74) is 5.52. The van der Waals surface area contributed by atoms with E-state index in [2.05, 4.69) is 10.6 Å². The lowest BCUT2D eigenvalue weighted by Gasteiger charge is -2.06. The molecule has 0 bridgehead atoms. The van der Waals surface area contributed by atoms with Crippen molar-refractivity contribution in [2.24, 2.45) is 5.73 Å². The summed E-state index contributed by atoms with van der Waals surface area (Å²) in [6.45, 7) is 0.0761. The van der Waals surface area contributed by atoms with Crippen molar-refractivity contribution >= 4 is 29.9 Å². The van der Waals surface area contributed by atoms with Gasteiger partial charge in [0.1, 0.15) is 5.82 Å². The lowest BCUT2D eigenvalue weighted by Crippen LogP contribution is -2.33.